The smallest absolute Gasteiger partial charge is 0.258 e. The predicted octanol–water partition coefficient (Wildman–Crippen LogP) is 2.61. The lowest BCUT2D eigenvalue weighted by Crippen LogP contribution is -2.35. The third-order valence-electron chi connectivity index (χ3n) is 4.00. The number of aliphatic hydroxyl groups is 1. The van der Waals surface area contributed by atoms with Crippen LogP contribution in [0, 0.1) is 5.92 Å². The molecular formula is C19H21N3O2. The van der Waals surface area contributed by atoms with Gasteiger partial charge in [0.2, 0.25) is 0 Å². The summed E-state index contributed by atoms with van der Waals surface area (Å²) in [6, 6.07) is 15.5. The van der Waals surface area contributed by atoms with Crippen LogP contribution in [0.25, 0.3) is 5.52 Å². The van der Waals surface area contributed by atoms with E-state index in [4.69, 9.17) is 0 Å². The summed E-state index contributed by atoms with van der Waals surface area (Å²) in [5, 5.41) is 13.6. The van der Waals surface area contributed by atoms with E-state index >= 15 is 0 Å². The van der Waals surface area contributed by atoms with Crippen molar-refractivity contribution in [3.8, 4) is 0 Å². The van der Waals surface area contributed by atoms with E-state index < -0.39 is 0 Å². The second-order valence-electron chi connectivity index (χ2n) is 6.05. The number of pyridine rings is 1. The Morgan fingerprint density at radius 1 is 1.21 bits per heavy atom. The maximum absolute atomic E-state index is 13.1. The van der Waals surface area contributed by atoms with Gasteiger partial charge in [0, 0.05) is 25.9 Å². The number of carbonyl (C=O) groups is 1. The molecular weight excluding hydrogens is 302 g/mol. The molecule has 0 aliphatic carbocycles. The van der Waals surface area contributed by atoms with Gasteiger partial charge in [-0.25, -0.2) is 4.52 Å². The zero-order chi connectivity index (χ0) is 16.9. The highest BCUT2D eigenvalue weighted by Gasteiger charge is 2.21. The van der Waals surface area contributed by atoms with Crippen molar-refractivity contribution < 1.29 is 9.90 Å². The van der Waals surface area contributed by atoms with Gasteiger partial charge in [-0.2, -0.15) is 5.10 Å². The molecule has 3 rings (SSSR count). The Balaban J connectivity index is 1.90. The SMILES string of the molecule is C[C@H](CO)CN(Cc1ccccc1)C(=O)c1cnn2ccccc12. The van der Waals surface area contributed by atoms with Crippen molar-refractivity contribution >= 4 is 11.4 Å². The van der Waals surface area contributed by atoms with Gasteiger partial charge >= 0.3 is 0 Å². The van der Waals surface area contributed by atoms with Gasteiger partial charge in [-0.05, 0) is 23.6 Å². The van der Waals surface area contributed by atoms with Crippen LogP contribution < -0.4 is 0 Å². The lowest BCUT2D eigenvalue weighted by atomic mass is 10.1. The number of hydrogen-bond acceptors (Lipinski definition) is 3. The highest BCUT2D eigenvalue weighted by molar-refractivity contribution is 6.00. The molecule has 0 spiro atoms. The van der Waals surface area contributed by atoms with Gasteiger partial charge in [-0.1, -0.05) is 43.3 Å². The van der Waals surface area contributed by atoms with Crippen molar-refractivity contribution in [3.05, 3.63) is 72.1 Å². The summed E-state index contributed by atoms with van der Waals surface area (Å²) >= 11 is 0. The van der Waals surface area contributed by atoms with E-state index in [0.717, 1.165) is 11.1 Å². The van der Waals surface area contributed by atoms with E-state index in [9.17, 15) is 9.90 Å². The molecule has 0 saturated heterocycles. The molecule has 5 nitrogen and oxygen atoms in total. The molecule has 1 atom stereocenters. The highest BCUT2D eigenvalue weighted by Crippen LogP contribution is 2.16. The second-order valence-corrected chi connectivity index (χ2v) is 6.05. The first-order valence-electron chi connectivity index (χ1n) is 8.05. The maximum atomic E-state index is 13.1. The average Bonchev–Trinajstić information content (AvgIpc) is 3.05. The lowest BCUT2D eigenvalue weighted by molar-refractivity contribution is 0.0696. The molecule has 1 amide bonds. The van der Waals surface area contributed by atoms with E-state index in [1.54, 1.807) is 15.6 Å². The number of aromatic nitrogens is 2. The monoisotopic (exact) mass is 323 g/mol. The number of rotatable bonds is 6. The Morgan fingerprint density at radius 3 is 2.71 bits per heavy atom. The number of fused-ring (bicyclic) bond motifs is 1. The van der Waals surface area contributed by atoms with Crippen molar-refractivity contribution in [3.63, 3.8) is 0 Å². The summed E-state index contributed by atoms with van der Waals surface area (Å²) in [7, 11) is 0. The van der Waals surface area contributed by atoms with Crippen LogP contribution >= 0.6 is 0 Å². The topological polar surface area (TPSA) is 57.8 Å². The molecule has 3 aromatic rings. The van der Waals surface area contributed by atoms with Crippen LogP contribution in [0.5, 0.6) is 0 Å². The summed E-state index contributed by atoms with van der Waals surface area (Å²) in [6.07, 6.45) is 3.43. The number of benzene rings is 1. The van der Waals surface area contributed by atoms with Crippen LogP contribution in [0.4, 0.5) is 0 Å². The Labute approximate surface area is 141 Å². The molecule has 0 radical (unpaired) electrons. The van der Waals surface area contributed by atoms with Crippen molar-refractivity contribution in [2.24, 2.45) is 5.92 Å². The van der Waals surface area contributed by atoms with E-state index in [2.05, 4.69) is 5.10 Å². The van der Waals surface area contributed by atoms with Crippen LogP contribution in [0.1, 0.15) is 22.8 Å². The molecule has 0 saturated carbocycles. The fourth-order valence-corrected chi connectivity index (χ4v) is 2.73. The van der Waals surface area contributed by atoms with Crippen LogP contribution in [-0.2, 0) is 6.54 Å². The maximum Gasteiger partial charge on any atom is 0.258 e. The first-order valence-corrected chi connectivity index (χ1v) is 8.05. The molecule has 24 heavy (non-hydrogen) atoms. The largest absolute Gasteiger partial charge is 0.396 e. The average molecular weight is 323 g/mol. The summed E-state index contributed by atoms with van der Waals surface area (Å²) in [5.41, 5.74) is 2.43. The van der Waals surface area contributed by atoms with Gasteiger partial charge in [0.25, 0.3) is 5.91 Å². The van der Waals surface area contributed by atoms with Gasteiger partial charge in [-0.3, -0.25) is 4.79 Å². The van der Waals surface area contributed by atoms with Gasteiger partial charge < -0.3 is 10.0 Å². The Hall–Kier alpha value is -2.66. The first kappa shape index (κ1) is 16.2. The van der Waals surface area contributed by atoms with Gasteiger partial charge in [0.1, 0.15) is 0 Å². The summed E-state index contributed by atoms with van der Waals surface area (Å²) in [4.78, 5) is 14.8. The molecule has 5 heteroatoms. The molecule has 1 aromatic carbocycles. The number of carbonyl (C=O) groups excluding carboxylic acids is 1. The zero-order valence-corrected chi connectivity index (χ0v) is 13.7. The summed E-state index contributed by atoms with van der Waals surface area (Å²) < 4.78 is 1.70. The third-order valence-corrected chi connectivity index (χ3v) is 4.00. The van der Waals surface area contributed by atoms with Crippen LogP contribution in [-0.4, -0.2) is 38.7 Å². The van der Waals surface area contributed by atoms with Gasteiger partial charge in [-0.15, -0.1) is 0 Å². The molecule has 0 aliphatic rings. The minimum Gasteiger partial charge on any atom is -0.396 e. The van der Waals surface area contributed by atoms with E-state index in [0.29, 0.717) is 18.7 Å². The Kier molecular flexibility index (Phi) is 4.91. The van der Waals surface area contributed by atoms with E-state index in [-0.39, 0.29) is 18.4 Å². The standard InChI is InChI=1S/C19H21N3O2/c1-15(14-23)12-21(13-16-7-3-2-4-8-16)19(24)17-11-20-22-10-6-5-9-18(17)22/h2-11,15,23H,12-14H2,1H3/t15-/m0/s1. The van der Waals surface area contributed by atoms with Crippen LogP contribution in [0.3, 0.4) is 0 Å². The van der Waals surface area contributed by atoms with E-state index in [1.165, 1.54) is 0 Å². The summed E-state index contributed by atoms with van der Waals surface area (Å²) in [6.45, 7) is 2.98. The normalized spacial score (nSPS) is 12.2. The Morgan fingerprint density at radius 2 is 1.96 bits per heavy atom. The fourth-order valence-electron chi connectivity index (χ4n) is 2.73. The number of nitrogens with zero attached hydrogens (tertiary/aromatic N) is 3. The van der Waals surface area contributed by atoms with Crippen molar-refractivity contribution in [1.82, 2.24) is 14.5 Å². The second kappa shape index (κ2) is 7.27. The molecule has 0 aliphatic heterocycles. The number of aliphatic hydroxyl groups excluding tert-OH is 1. The minimum atomic E-state index is -0.0691. The zero-order valence-electron chi connectivity index (χ0n) is 13.7. The highest BCUT2D eigenvalue weighted by atomic mass is 16.3. The van der Waals surface area contributed by atoms with Crippen LogP contribution in [0.15, 0.2) is 60.9 Å². The lowest BCUT2D eigenvalue weighted by Gasteiger charge is -2.25. The number of amides is 1. The predicted molar refractivity (Wildman–Crippen MR) is 92.6 cm³/mol. The molecule has 0 unspecified atom stereocenters. The molecule has 2 aromatic heterocycles. The fraction of sp³-hybridized carbons (Fsp3) is 0.263. The Bertz CT molecular complexity index is 814. The molecule has 124 valence electrons. The van der Waals surface area contributed by atoms with Crippen molar-refractivity contribution in [2.75, 3.05) is 13.2 Å². The van der Waals surface area contributed by atoms with E-state index in [1.807, 2.05) is 61.7 Å². The van der Waals surface area contributed by atoms with Gasteiger partial charge in [0.05, 0.1) is 17.3 Å². The molecule has 1 N–H and O–H groups in total. The molecule has 2 heterocycles. The minimum absolute atomic E-state index is 0.0134. The van der Waals surface area contributed by atoms with Gasteiger partial charge in [0.15, 0.2) is 0 Å². The molecule has 0 fully saturated rings. The number of hydrogen-bond donors (Lipinski definition) is 1. The van der Waals surface area contributed by atoms with Crippen LogP contribution in [0.2, 0.25) is 0 Å². The quantitative estimate of drug-likeness (QED) is 0.758. The summed E-state index contributed by atoms with van der Waals surface area (Å²) in [5.74, 6) is -0.0557. The third kappa shape index (κ3) is 3.46. The molecule has 0 bridgehead atoms. The first-order chi connectivity index (χ1) is 11.7. The van der Waals surface area contributed by atoms with Crippen molar-refractivity contribution in [2.45, 2.75) is 13.5 Å². The van der Waals surface area contributed by atoms with Crippen molar-refractivity contribution in [1.29, 1.82) is 0 Å².